The van der Waals surface area contributed by atoms with Crippen LogP contribution in [0.4, 0.5) is 0 Å². The minimum absolute atomic E-state index is 0.174. The Labute approximate surface area is 84.8 Å². The Balaban J connectivity index is 1.96. The van der Waals surface area contributed by atoms with E-state index in [0.29, 0.717) is 12.6 Å². The van der Waals surface area contributed by atoms with Crippen LogP contribution in [0.25, 0.3) is 0 Å². The second-order valence-electron chi connectivity index (χ2n) is 4.14. The summed E-state index contributed by atoms with van der Waals surface area (Å²) >= 11 is 0. The van der Waals surface area contributed by atoms with Crippen LogP contribution in [0.2, 0.25) is 0 Å². The monoisotopic (exact) mass is 219 g/mol. The largest absolute Gasteiger partial charge is 0.313 e. The van der Waals surface area contributed by atoms with Crippen LogP contribution >= 0.6 is 0 Å². The van der Waals surface area contributed by atoms with E-state index >= 15 is 0 Å². The zero-order valence-electron chi connectivity index (χ0n) is 8.15. The smallest absolute Gasteiger partial charge is 0.277 e. The van der Waals surface area contributed by atoms with Crippen LogP contribution in [0.15, 0.2) is 0 Å². The Morgan fingerprint density at radius 1 is 1.36 bits per heavy atom. The van der Waals surface area contributed by atoms with Gasteiger partial charge in [0.1, 0.15) is 0 Å². The number of rotatable bonds is 4. The molecule has 0 amide bonds. The summed E-state index contributed by atoms with van der Waals surface area (Å²) in [5.74, 6) is 0. The highest BCUT2D eigenvalue weighted by atomic mass is 32.2. The molecule has 14 heavy (non-hydrogen) atoms. The first-order chi connectivity index (χ1) is 6.57. The van der Waals surface area contributed by atoms with Crippen molar-refractivity contribution in [2.75, 3.05) is 13.1 Å². The van der Waals surface area contributed by atoms with E-state index in [1.807, 2.05) is 0 Å². The first-order valence-corrected chi connectivity index (χ1v) is 6.60. The van der Waals surface area contributed by atoms with Crippen molar-refractivity contribution in [3.8, 4) is 0 Å². The maximum Gasteiger partial charge on any atom is 0.277 e. The van der Waals surface area contributed by atoms with E-state index in [-0.39, 0.29) is 6.04 Å². The summed E-state index contributed by atoms with van der Waals surface area (Å²) in [5.41, 5.74) is 0. The Morgan fingerprint density at radius 2 is 2.07 bits per heavy atom. The van der Waals surface area contributed by atoms with Crippen molar-refractivity contribution in [1.82, 2.24) is 9.62 Å². The number of nitrogens with two attached hydrogens (primary N) is 1. The van der Waals surface area contributed by atoms with Crippen molar-refractivity contribution in [3.63, 3.8) is 0 Å². The fourth-order valence-electron chi connectivity index (χ4n) is 1.95. The molecule has 1 aliphatic carbocycles. The third-order valence-corrected chi connectivity index (χ3v) is 3.94. The summed E-state index contributed by atoms with van der Waals surface area (Å²) in [4.78, 5) is 0. The number of hydrogen-bond acceptors (Lipinski definition) is 3. The van der Waals surface area contributed by atoms with Crippen LogP contribution in [-0.2, 0) is 10.2 Å². The van der Waals surface area contributed by atoms with Gasteiger partial charge in [-0.25, -0.2) is 5.14 Å². The number of hydrogen-bond donors (Lipinski definition) is 2. The molecule has 2 fully saturated rings. The van der Waals surface area contributed by atoms with E-state index in [2.05, 4.69) is 5.32 Å². The normalized spacial score (nSPS) is 28.6. The topological polar surface area (TPSA) is 75.4 Å². The highest BCUT2D eigenvalue weighted by molar-refractivity contribution is 7.86. The highest BCUT2D eigenvalue weighted by Crippen LogP contribution is 2.28. The quantitative estimate of drug-likeness (QED) is 0.663. The molecule has 1 aliphatic heterocycles. The third kappa shape index (κ3) is 2.44. The van der Waals surface area contributed by atoms with Gasteiger partial charge in [0, 0.05) is 18.6 Å². The first-order valence-electron chi connectivity index (χ1n) is 5.10. The van der Waals surface area contributed by atoms with E-state index < -0.39 is 10.2 Å². The van der Waals surface area contributed by atoms with E-state index in [4.69, 9.17) is 5.14 Å². The van der Waals surface area contributed by atoms with Crippen molar-refractivity contribution in [2.45, 2.75) is 37.8 Å². The second-order valence-corrected chi connectivity index (χ2v) is 5.64. The van der Waals surface area contributed by atoms with Crippen LogP contribution in [0, 0.1) is 0 Å². The third-order valence-electron chi connectivity index (χ3n) is 2.84. The maximum absolute atomic E-state index is 11.3. The van der Waals surface area contributed by atoms with Crippen LogP contribution in [-0.4, -0.2) is 37.9 Å². The standard InChI is InChI=1S/C8H17N3O2S/c9-14(12,13)11(8-3-4-8)6-7-2-1-5-10-7/h7-8,10H,1-6H2,(H2,9,12,13). The highest BCUT2D eigenvalue weighted by Gasteiger charge is 2.37. The Morgan fingerprint density at radius 3 is 2.50 bits per heavy atom. The van der Waals surface area contributed by atoms with Crippen LogP contribution in [0.5, 0.6) is 0 Å². The molecule has 0 bridgehead atoms. The van der Waals surface area contributed by atoms with Crippen molar-refractivity contribution >= 4 is 10.2 Å². The molecular formula is C8H17N3O2S. The molecule has 1 saturated carbocycles. The SMILES string of the molecule is NS(=O)(=O)N(CC1CCCN1)C1CC1. The minimum atomic E-state index is -3.50. The fourth-order valence-corrected chi connectivity index (χ4v) is 2.97. The van der Waals surface area contributed by atoms with Crippen LogP contribution in [0.1, 0.15) is 25.7 Å². The molecule has 0 spiro atoms. The van der Waals surface area contributed by atoms with E-state index in [1.54, 1.807) is 0 Å². The Bertz CT molecular complexity index is 294. The molecule has 1 heterocycles. The Hall–Kier alpha value is -0.170. The van der Waals surface area contributed by atoms with Crippen molar-refractivity contribution in [3.05, 3.63) is 0 Å². The number of nitrogens with one attached hydrogen (secondary N) is 1. The second kappa shape index (κ2) is 3.77. The van der Waals surface area contributed by atoms with Crippen LogP contribution < -0.4 is 10.5 Å². The molecule has 0 radical (unpaired) electrons. The molecule has 5 nitrogen and oxygen atoms in total. The number of nitrogens with zero attached hydrogens (tertiary/aromatic N) is 1. The average Bonchev–Trinajstić information content (AvgIpc) is 2.77. The van der Waals surface area contributed by atoms with Gasteiger partial charge in [0.25, 0.3) is 10.2 Å². The molecule has 6 heteroatoms. The zero-order chi connectivity index (χ0) is 10.2. The predicted molar refractivity (Wildman–Crippen MR) is 53.9 cm³/mol. The average molecular weight is 219 g/mol. The molecule has 0 aromatic heterocycles. The molecule has 82 valence electrons. The molecule has 2 rings (SSSR count). The van der Waals surface area contributed by atoms with Gasteiger partial charge in [0.15, 0.2) is 0 Å². The lowest BCUT2D eigenvalue weighted by Crippen LogP contribution is -2.45. The molecule has 0 aromatic rings. The van der Waals surface area contributed by atoms with Gasteiger partial charge < -0.3 is 5.32 Å². The summed E-state index contributed by atoms with van der Waals surface area (Å²) in [7, 11) is -3.50. The molecule has 1 atom stereocenters. The lowest BCUT2D eigenvalue weighted by atomic mass is 10.2. The summed E-state index contributed by atoms with van der Waals surface area (Å²) < 4.78 is 24.0. The molecule has 0 aromatic carbocycles. The van der Waals surface area contributed by atoms with Crippen LogP contribution in [0.3, 0.4) is 0 Å². The fraction of sp³-hybridized carbons (Fsp3) is 1.00. The van der Waals surface area contributed by atoms with Gasteiger partial charge in [-0.05, 0) is 32.2 Å². The minimum Gasteiger partial charge on any atom is -0.313 e. The lowest BCUT2D eigenvalue weighted by Gasteiger charge is -2.22. The summed E-state index contributed by atoms with van der Waals surface area (Å²) in [6.45, 7) is 1.54. The molecule has 1 saturated heterocycles. The summed E-state index contributed by atoms with van der Waals surface area (Å²) in [6.07, 6.45) is 4.11. The van der Waals surface area contributed by atoms with E-state index in [0.717, 1.165) is 32.2 Å². The molecule has 2 aliphatic rings. The summed E-state index contributed by atoms with van der Waals surface area (Å²) in [6, 6.07) is 0.473. The van der Waals surface area contributed by atoms with Crippen molar-refractivity contribution < 1.29 is 8.42 Å². The first kappa shape index (κ1) is 10.4. The molecule has 1 unspecified atom stereocenters. The maximum atomic E-state index is 11.3. The summed E-state index contributed by atoms with van der Waals surface area (Å²) in [5, 5.41) is 8.45. The van der Waals surface area contributed by atoms with Crippen molar-refractivity contribution in [1.29, 1.82) is 0 Å². The van der Waals surface area contributed by atoms with E-state index in [9.17, 15) is 8.42 Å². The van der Waals surface area contributed by atoms with Gasteiger partial charge in [-0.3, -0.25) is 0 Å². The van der Waals surface area contributed by atoms with Crippen molar-refractivity contribution in [2.24, 2.45) is 5.14 Å². The molecular weight excluding hydrogens is 202 g/mol. The van der Waals surface area contributed by atoms with Gasteiger partial charge >= 0.3 is 0 Å². The molecule has 3 N–H and O–H groups in total. The van der Waals surface area contributed by atoms with Gasteiger partial charge in [-0.2, -0.15) is 12.7 Å². The van der Waals surface area contributed by atoms with Gasteiger partial charge in [0.2, 0.25) is 0 Å². The van der Waals surface area contributed by atoms with Gasteiger partial charge in [-0.15, -0.1) is 0 Å². The van der Waals surface area contributed by atoms with Gasteiger partial charge in [0.05, 0.1) is 0 Å². The predicted octanol–water partition coefficient (Wildman–Crippen LogP) is -0.594. The lowest BCUT2D eigenvalue weighted by molar-refractivity contribution is 0.363. The Kier molecular flexibility index (Phi) is 2.79. The van der Waals surface area contributed by atoms with Gasteiger partial charge in [-0.1, -0.05) is 0 Å². The zero-order valence-corrected chi connectivity index (χ0v) is 8.96. The van der Waals surface area contributed by atoms with E-state index in [1.165, 1.54) is 4.31 Å².